The number of para-hydroxylation sites is 2. The van der Waals surface area contributed by atoms with Gasteiger partial charge in [0.25, 0.3) is 0 Å². The third-order valence-electron chi connectivity index (χ3n) is 3.66. The molecule has 3 rings (SSSR count). The average Bonchev–Trinajstić information content (AvgIpc) is 2.74. The molecular weight excluding hydrogens is 268 g/mol. The Bertz CT molecular complexity index is 839. The van der Waals surface area contributed by atoms with Gasteiger partial charge >= 0.3 is 11.7 Å². The van der Waals surface area contributed by atoms with Crippen LogP contribution in [-0.2, 0) is 0 Å². The zero-order valence-corrected chi connectivity index (χ0v) is 11.8. The summed E-state index contributed by atoms with van der Waals surface area (Å²) in [5, 5.41) is 0. The summed E-state index contributed by atoms with van der Waals surface area (Å²) in [6, 6.07) is 6.83. The number of allylic oxidation sites excluding steroid dienone is 2. The topological polar surface area (TPSA) is 84.1 Å². The number of carbonyl (C=O) groups excluding carboxylic acids is 1. The van der Waals surface area contributed by atoms with Gasteiger partial charge in [-0.1, -0.05) is 32.1 Å². The number of primary amides is 1. The molecule has 6 nitrogen and oxygen atoms in total. The molecule has 0 radical (unpaired) electrons. The van der Waals surface area contributed by atoms with Gasteiger partial charge in [-0.15, -0.1) is 0 Å². The first-order valence-electron chi connectivity index (χ1n) is 6.60. The van der Waals surface area contributed by atoms with E-state index in [1.54, 1.807) is 17.0 Å². The number of benzene rings is 1. The first-order valence-corrected chi connectivity index (χ1v) is 6.60. The van der Waals surface area contributed by atoms with Gasteiger partial charge in [0.1, 0.15) is 0 Å². The highest BCUT2D eigenvalue weighted by Gasteiger charge is 2.29. The van der Waals surface area contributed by atoms with E-state index in [0.29, 0.717) is 5.70 Å². The Kier molecular flexibility index (Phi) is 2.76. The van der Waals surface area contributed by atoms with Gasteiger partial charge in [-0.25, -0.2) is 9.59 Å². The molecule has 2 aromatic rings. The van der Waals surface area contributed by atoms with E-state index in [-0.39, 0.29) is 5.69 Å². The number of fused-ring (bicyclic) bond motifs is 1. The van der Waals surface area contributed by atoms with E-state index in [1.165, 1.54) is 4.90 Å². The van der Waals surface area contributed by atoms with Crippen LogP contribution in [0.15, 0.2) is 47.5 Å². The normalized spacial score (nSPS) is 17.0. The maximum absolute atomic E-state index is 12.3. The highest BCUT2D eigenvalue weighted by Crippen LogP contribution is 2.35. The van der Waals surface area contributed by atoms with E-state index in [1.807, 2.05) is 44.2 Å². The summed E-state index contributed by atoms with van der Waals surface area (Å²) < 4.78 is 1.58. The van der Waals surface area contributed by atoms with Gasteiger partial charge in [0.15, 0.2) is 0 Å². The Labute approximate surface area is 121 Å². The standard InChI is InChI=1S/C15H16N4O2/c1-15(2)7-8-18(13(16)20)9-12(15)19-11-6-4-3-5-10(11)17-14(19)21/h3-9H,1-2H3,(H2,16,20)(H,17,21). The molecule has 0 bridgehead atoms. The first kappa shape index (κ1) is 13.2. The zero-order valence-electron chi connectivity index (χ0n) is 11.8. The summed E-state index contributed by atoms with van der Waals surface area (Å²) in [6.45, 7) is 3.95. The second-order valence-corrected chi connectivity index (χ2v) is 5.58. The minimum Gasteiger partial charge on any atom is -0.351 e. The predicted octanol–water partition coefficient (Wildman–Crippen LogP) is 2.06. The molecule has 21 heavy (non-hydrogen) atoms. The Balaban J connectivity index is 2.27. The van der Waals surface area contributed by atoms with Crippen LogP contribution >= 0.6 is 0 Å². The molecular formula is C15H16N4O2. The second kappa shape index (κ2) is 4.37. The Morgan fingerprint density at radius 3 is 2.71 bits per heavy atom. The number of nitrogens with two attached hydrogens (primary N) is 1. The average molecular weight is 284 g/mol. The lowest BCUT2D eigenvalue weighted by Gasteiger charge is -2.31. The van der Waals surface area contributed by atoms with Crippen molar-refractivity contribution in [3.8, 4) is 0 Å². The highest BCUT2D eigenvalue weighted by molar-refractivity contribution is 5.82. The summed E-state index contributed by atoms with van der Waals surface area (Å²) in [5.74, 6) is 0. The number of H-pyrrole nitrogens is 1. The summed E-state index contributed by atoms with van der Waals surface area (Å²) in [5.41, 5.74) is 6.88. The molecule has 0 atom stereocenters. The fraction of sp³-hybridized carbons (Fsp3) is 0.200. The van der Waals surface area contributed by atoms with Crippen LogP contribution in [0.5, 0.6) is 0 Å². The van der Waals surface area contributed by atoms with Crippen LogP contribution in [-0.4, -0.2) is 20.5 Å². The molecule has 0 saturated carbocycles. The molecule has 1 aliphatic heterocycles. The van der Waals surface area contributed by atoms with Crippen LogP contribution < -0.4 is 11.4 Å². The second-order valence-electron chi connectivity index (χ2n) is 5.58. The molecule has 6 heteroatoms. The SMILES string of the molecule is CC1(C)C=CN(C(N)=O)C=C1n1c(=O)[nH]c2ccccc21. The van der Waals surface area contributed by atoms with Crippen molar-refractivity contribution < 1.29 is 4.79 Å². The lowest BCUT2D eigenvalue weighted by Crippen LogP contribution is -2.34. The first-order chi connectivity index (χ1) is 9.90. The minimum absolute atomic E-state index is 0.241. The van der Waals surface area contributed by atoms with Gasteiger partial charge in [0, 0.05) is 17.8 Å². The van der Waals surface area contributed by atoms with Gasteiger partial charge in [0.2, 0.25) is 0 Å². The third-order valence-corrected chi connectivity index (χ3v) is 3.66. The quantitative estimate of drug-likeness (QED) is 0.840. The van der Waals surface area contributed by atoms with Gasteiger partial charge in [-0.3, -0.25) is 9.47 Å². The van der Waals surface area contributed by atoms with Crippen molar-refractivity contribution >= 4 is 22.8 Å². The van der Waals surface area contributed by atoms with Gasteiger partial charge in [0.05, 0.1) is 16.7 Å². The number of aromatic nitrogens is 2. The van der Waals surface area contributed by atoms with Crippen LogP contribution in [0.25, 0.3) is 16.7 Å². The van der Waals surface area contributed by atoms with Crippen molar-refractivity contribution in [2.75, 3.05) is 0 Å². The van der Waals surface area contributed by atoms with Crippen molar-refractivity contribution in [2.24, 2.45) is 11.1 Å². The van der Waals surface area contributed by atoms with E-state index in [4.69, 9.17) is 5.73 Å². The molecule has 0 saturated heterocycles. The third kappa shape index (κ3) is 2.05. The molecule has 1 aromatic carbocycles. The molecule has 0 unspecified atom stereocenters. The van der Waals surface area contributed by atoms with E-state index in [9.17, 15) is 9.59 Å². The number of nitrogens with one attached hydrogen (secondary N) is 1. The Hall–Kier alpha value is -2.76. The number of urea groups is 1. The molecule has 2 amide bonds. The molecule has 1 aromatic heterocycles. The number of hydrogen-bond donors (Lipinski definition) is 2. The number of hydrogen-bond acceptors (Lipinski definition) is 2. The molecule has 1 aliphatic rings. The number of rotatable bonds is 1. The number of carbonyl (C=O) groups is 1. The predicted molar refractivity (Wildman–Crippen MR) is 81.2 cm³/mol. The number of nitrogens with zero attached hydrogens (tertiary/aromatic N) is 2. The molecule has 108 valence electrons. The van der Waals surface area contributed by atoms with Crippen LogP contribution in [0.2, 0.25) is 0 Å². The fourth-order valence-corrected chi connectivity index (χ4v) is 2.47. The maximum atomic E-state index is 12.3. The minimum atomic E-state index is -0.591. The van der Waals surface area contributed by atoms with Crippen LogP contribution in [0.4, 0.5) is 4.79 Å². The van der Waals surface area contributed by atoms with E-state index < -0.39 is 11.4 Å². The smallest absolute Gasteiger partial charge is 0.330 e. The van der Waals surface area contributed by atoms with Crippen LogP contribution in [0.3, 0.4) is 0 Å². The molecule has 0 fully saturated rings. The van der Waals surface area contributed by atoms with Gasteiger partial charge in [-0.05, 0) is 12.1 Å². The number of amides is 2. The largest absolute Gasteiger partial charge is 0.351 e. The van der Waals surface area contributed by atoms with Crippen molar-refractivity contribution in [3.63, 3.8) is 0 Å². The summed E-state index contributed by atoms with van der Waals surface area (Å²) in [7, 11) is 0. The van der Waals surface area contributed by atoms with Crippen molar-refractivity contribution in [1.82, 2.24) is 14.5 Å². The van der Waals surface area contributed by atoms with Crippen LogP contribution in [0, 0.1) is 5.41 Å². The summed E-state index contributed by atoms with van der Waals surface area (Å²) in [6.07, 6.45) is 5.07. The fourth-order valence-electron chi connectivity index (χ4n) is 2.47. The molecule has 0 aliphatic carbocycles. The maximum Gasteiger partial charge on any atom is 0.330 e. The monoisotopic (exact) mass is 284 g/mol. The molecule has 3 N–H and O–H groups in total. The van der Waals surface area contributed by atoms with Crippen molar-refractivity contribution in [3.05, 3.63) is 53.2 Å². The van der Waals surface area contributed by atoms with E-state index >= 15 is 0 Å². The zero-order chi connectivity index (χ0) is 15.2. The summed E-state index contributed by atoms with van der Waals surface area (Å²) >= 11 is 0. The Morgan fingerprint density at radius 1 is 1.29 bits per heavy atom. The number of aromatic amines is 1. The van der Waals surface area contributed by atoms with Crippen molar-refractivity contribution in [2.45, 2.75) is 13.8 Å². The van der Waals surface area contributed by atoms with Crippen LogP contribution in [0.1, 0.15) is 13.8 Å². The lowest BCUT2D eigenvalue weighted by atomic mass is 9.87. The lowest BCUT2D eigenvalue weighted by molar-refractivity contribution is 0.234. The Morgan fingerprint density at radius 2 is 2.00 bits per heavy atom. The van der Waals surface area contributed by atoms with E-state index in [0.717, 1.165) is 11.0 Å². The van der Waals surface area contributed by atoms with Gasteiger partial charge in [-0.2, -0.15) is 0 Å². The van der Waals surface area contributed by atoms with Gasteiger partial charge < -0.3 is 10.7 Å². The van der Waals surface area contributed by atoms with E-state index in [2.05, 4.69) is 4.98 Å². The van der Waals surface area contributed by atoms with Crippen molar-refractivity contribution in [1.29, 1.82) is 0 Å². The highest BCUT2D eigenvalue weighted by atomic mass is 16.2. The molecule has 2 heterocycles. The summed E-state index contributed by atoms with van der Waals surface area (Å²) in [4.78, 5) is 27.8. The molecule has 0 spiro atoms. The number of imidazole rings is 1.